The molecule has 1 aromatic rings. The number of carbonyl (C=O) groups excluding carboxylic acids is 1. The highest BCUT2D eigenvalue weighted by Gasteiger charge is 2.32. The summed E-state index contributed by atoms with van der Waals surface area (Å²) in [7, 11) is 1.69. The first kappa shape index (κ1) is 16.1. The van der Waals surface area contributed by atoms with E-state index in [4.69, 9.17) is 5.73 Å². The molecule has 0 aliphatic rings. The summed E-state index contributed by atoms with van der Waals surface area (Å²) >= 11 is 0. The number of rotatable bonds is 6. The molecule has 0 aliphatic carbocycles. The molecule has 110 valence electrons. The number of nitrogens with two attached hydrogens (primary N) is 1. The fourth-order valence-electron chi connectivity index (χ4n) is 1.96. The molecule has 0 aliphatic heterocycles. The second-order valence-corrected chi connectivity index (χ2v) is 5.21. The summed E-state index contributed by atoms with van der Waals surface area (Å²) < 4.78 is 0. The van der Waals surface area contributed by atoms with Crippen LogP contribution in [0.3, 0.4) is 0 Å². The normalized spacial score (nSPS) is 13.6. The second kappa shape index (κ2) is 6.47. The van der Waals surface area contributed by atoms with Gasteiger partial charge in [0, 0.05) is 32.3 Å². The van der Waals surface area contributed by atoms with E-state index in [1.54, 1.807) is 24.1 Å². The van der Waals surface area contributed by atoms with E-state index < -0.39 is 10.3 Å². The Morgan fingerprint density at radius 3 is 2.65 bits per heavy atom. The second-order valence-electron chi connectivity index (χ2n) is 5.21. The van der Waals surface area contributed by atoms with Crippen LogP contribution >= 0.6 is 0 Å². The molecule has 0 saturated carbocycles. The Hall–Kier alpha value is -1.95. The highest BCUT2D eigenvalue weighted by atomic mass is 16.6. The Labute approximate surface area is 118 Å². The molecule has 0 fully saturated rings. The molecule has 1 rings (SSSR count). The Morgan fingerprint density at radius 2 is 2.15 bits per heavy atom. The maximum atomic E-state index is 12.4. The molecule has 0 saturated heterocycles. The largest absolute Gasteiger partial charge is 0.341 e. The van der Waals surface area contributed by atoms with Crippen molar-refractivity contribution in [1.29, 1.82) is 0 Å². The number of amides is 1. The third kappa shape index (κ3) is 3.54. The van der Waals surface area contributed by atoms with Crippen molar-refractivity contribution in [3.8, 4) is 0 Å². The summed E-state index contributed by atoms with van der Waals surface area (Å²) in [4.78, 5) is 24.2. The van der Waals surface area contributed by atoms with Gasteiger partial charge in [-0.15, -0.1) is 0 Å². The van der Waals surface area contributed by atoms with Crippen molar-refractivity contribution in [3.63, 3.8) is 0 Å². The SMILES string of the molecule is CCC(C)(CN)C(=O)N(C)Cc1cccc([N+](=O)[O-])c1. The minimum Gasteiger partial charge on any atom is -0.341 e. The number of hydrogen-bond acceptors (Lipinski definition) is 4. The molecule has 6 nitrogen and oxygen atoms in total. The molecule has 0 radical (unpaired) electrons. The van der Waals surface area contributed by atoms with Gasteiger partial charge in [-0.25, -0.2) is 0 Å². The third-order valence-electron chi connectivity index (χ3n) is 3.63. The van der Waals surface area contributed by atoms with Crippen LogP contribution in [0.25, 0.3) is 0 Å². The summed E-state index contributed by atoms with van der Waals surface area (Å²) in [6.45, 7) is 4.36. The fourth-order valence-corrected chi connectivity index (χ4v) is 1.96. The van der Waals surface area contributed by atoms with Crippen LogP contribution in [-0.4, -0.2) is 29.3 Å². The summed E-state index contributed by atoms with van der Waals surface area (Å²) in [6, 6.07) is 6.30. The van der Waals surface area contributed by atoms with Crippen LogP contribution in [0.15, 0.2) is 24.3 Å². The minimum absolute atomic E-state index is 0.0282. The molecule has 1 aromatic carbocycles. The molecule has 0 spiro atoms. The molecule has 1 amide bonds. The van der Waals surface area contributed by atoms with Crippen LogP contribution in [-0.2, 0) is 11.3 Å². The van der Waals surface area contributed by atoms with Crippen molar-refractivity contribution in [2.45, 2.75) is 26.8 Å². The lowest BCUT2D eigenvalue weighted by Crippen LogP contribution is -2.44. The predicted molar refractivity (Wildman–Crippen MR) is 77.0 cm³/mol. The zero-order valence-corrected chi connectivity index (χ0v) is 12.1. The van der Waals surface area contributed by atoms with Crippen molar-refractivity contribution in [3.05, 3.63) is 39.9 Å². The van der Waals surface area contributed by atoms with Gasteiger partial charge in [0.15, 0.2) is 0 Å². The van der Waals surface area contributed by atoms with Gasteiger partial charge >= 0.3 is 0 Å². The maximum Gasteiger partial charge on any atom is 0.269 e. The van der Waals surface area contributed by atoms with Crippen LogP contribution in [0.4, 0.5) is 5.69 Å². The molecule has 0 aromatic heterocycles. The number of benzene rings is 1. The molecular formula is C14H21N3O3. The van der Waals surface area contributed by atoms with Gasteiger partial charge in [0.25, 0.3) is 5.69 Å². The van der Waals surface area contributed by atoms with Crippen molar-refractivity contribution >= 4 is 11.6 Å². The Bertz CT molecular complexity index is 498. The van der Waals surface area contributed by atoms with E-state index in [9.17, 15) is 14.9 Å². The first-order chi connectivity index (χ1) is 9.34. The minimum atomic E-state index is -0.588. The average molecular weight is 279 g/mol. The van der Waals surface area contributed by atoms with Gasteiger partial charge in [0.05, 0.1) is 10.3 Å². The first-order valence-corrected chi connectivity index (χ1v) is 6.53. The van der Waals surface area contributed by atoms with E-state index in [1.807, 2.05) is 13.8 Å². The van der Waals surface area contributed by atoms with Crippen LogP contribution in [0.2, 0.25) is 0 Å². The van der Waals surface area contributed by atoms with E-state index in [2.05, 4.69) is 0 Å². The topological polar surface area (TPSA) is 89.5 Å². The van der Waals surface area contributed by atoms with E-state index in [1.165, 1.54) is 12.1 Å². The van der Waals surface area contributed by atoms with Gasteiger partial charge in [0.2, 0.25) is 5.91 Å². The fraction of sp³-hybridized carbons (Fsp3) is 0.500. The van der Waals surface area contributed by atoms with Crippen LogP contribution in [0.1, 0.15) is 25.8 Å². The van der Waals surface area contributed by atoms with Gasteiger partial charge in [-0.3, -0.25) is 14.9 Å². The van der Waals surface area contributed by atoms with Crippen molar-refractivity contribution in [2.75, 3.05) is 13.6 Å². The Kier molecular flexibility index (Phi) is 5.21. The summed E-state index contributed by atoms with van der Waals surface area (Å²) in [5.41, 5.74) is 5.84. The number of hydrogen-bond donors (Lipinski definition) is 1. The maximum absolute atomic E-state index is 12.4. The number of nitrogens with zero attached hydrogens (tertiary/aromatic N) is 2. The number of nitro groups is 1. The monoisotopic (exact) mass is 279 g/mol. The average Bonchev–Trinajstić information content (AvgIpc) is 2.45. The van der Waals surface area contributed by atoms with Gasteiger partial charge in [-0.2, -0.15) is 0 Å². The quantitative estimate of drug-likeness (QED) is 0.636. The molecule has 1 unspecified atom stereocenters. The molecule has 6 heteroatoms. The van der Waals surface area contributed by atoms with Gasteiger partial charge in [0.1, 0.15) is 0 Å². The highest BCUT2D eigenvalue weighted by Crippen LogP contribution is 2.23. The summed E-state index contributed by atoms with van der Waals surface area (Å²) in [6.07, 6.45) is 0.654. The lowest BCUT2D eigenvalue weighted by atomic mass is 9.86. The van der Waals surface area contributed by atoms with Crippen LogP contribution < -0.4 is 5.73 Å². The Morgan fingerprint density at radius 1 is 1.50 bits per heavy atom. The smallest absolute Gasteiger partial charge is 0.269 e. The van der Waals surface area contributed by atoms with E-state index in [0.717, 1.165) is 5.56 Å². The molecular weight excluding hydrogens is 258 g/mol. The van der Waals surface area contributed by atoms with Crippen molar-refractivity contribution < 1.29 is 9.72 Å². The Balaban J connectivity index is 2.85. The third-order valence-corrected chi connectivity index (χ3v) is 3.63. The predicted octanol–water partition coefficient (Wildman–Crippen LogP) is 1.93. The van der Waals surface area contributed by atoms with E-state index >= 15 is 0 Å². The van der Waals surface area contributed by atoms with E-state index in [-0.39, 0.29) is 18.1 Å². The molecule has 1 atom stereocenters. The van der Waals surface area contributed by atoms with Crippen LogP contribution in [0.5, 0.6) is 0 Å². The molecule has 20 heavy (non-hydrogen) atoms. The van der Waals surface area contributed by atoms with E-state index in [0.29, 0.717) is 13.0 Å². The first-order valence-electron chi connectivity index (χ1n) is 6.53. The molecule has 0 heterocycles. The van der Waals surface area contributed by atoms with Crippen LogP contribution in [0, 0.1) is 15.5 Å². The molecule has 2 N–H and O–H groups in total. The number of carbonyl (C=O) groups is 1. The lowest BCUT2D eigenvalue weighted by molar-refractivity contribution is -0.384. The summed E-state index contributed by atoms with van der Waals surface area (Å²) in [5.74, 6) is -0.0472. The zero-order valence-electron chi connectivity index (χ0n) is 12.1. The summed E-state index contributed by atoms with van der Waals surface area (Å²) in [5, 5.41) is 10.7. The van der Waals surface area contributed by atoms with Gasteiger partial charge in [-0.1, -0.05) is 19.1 Å². The van der Waals surface area contributed by atoms with Gasteiger partial charge < -0.3 is 10.6 Å². The van der Waals surface area contributed by atoms with Gasteiger partial charge in [-0.05, 0) is 18.9 Å². The number of non-ortho nitro benzene ring substituents is 1. The highest BCUT2D eigenvalue weighted by molar-refractivity contribution is 5.82. The van der Waals surface area contributed by atoms with Crippen molar-refractivity contribution in [1.82, 2.24) is 4.90 Å². The van der Waals surface area contributed by atoms with Crippen molar-refractivity contribution in [2.24, 2.45) is 11.1 Å². The zero-order chi connectivity index (χ0) is 15.3. The number of nitro benzene ring substituents is 1. The molecule has 0 bridgehead atoms. The standard InChI is InChI=1S/C14H21N3O3/c1-4-14(2,10-15)13(18)16(3)9-11-6-5-7-12(8-11)17(19)20/h5-8H,4,9-10,15H2,1-3H3. The lowest BCUT2D eigenvalue weighted by Gasteiger charge is -2.30.